The van der Waals surface area contributed by atoms with Gasteiger partial charge in [-0.25, -0.2) is 4.39 Å². The van der Waals surface area contributed by atoms with Crippen LogP contribution in [0.1, 0.15) is 71.6 Å². The average molecular weight is 509 g/mol. The van der Waals surface area contributed by atoms with Gasteiger partial charge in [0.15, 0.2) is 11.6 Å². The summed E-state index contributed by atoms with van der Waals surface area (Å²) in [6, 6.07) is 19.1. The molecule has 0 unspecified atom stereocenters. The van der Waals surface area contributed by atoms with Crippen LogP contribution in [-0.4, -0.2) is 28.3 Å². The molecule has 1 aromatic heterocycles. The van der Waals surface area contributed by atoms with Crippen LogP contribution in [0, 0.1) is 11.7 Å². The summed E-state index contributed by atoms with van der Waals surface area (Å²) in [6.07, 6.45) is 4.62. The summed E-state index contributed by atoms with van der Waals surface area (Å²) < 4.78 is 20.8. The lowest BCUT2D eigenvalue weighted by atomic mass is 9.92. The molecule has 0 saturated heterocycles. The van der Waals surface area contributed by atoms with Crippen LogP contribution in [0.5, 0.6) is 5.75 Å². The van der Waals surface area contributed by atoms with E-state index in [1.54, 1.807) is 12.1 Å². The van der Waals surface area contributed by atoms with Crippen LogP contribution in [0.25, 0.3) is 22.2 Å². The third-order valence-electron chi connectivity index (χ3n) is 8.26. The van der Waals surface area contributed by atoms with Crippen molar-refractivity contribution in [3.63, 3.8) is 0 Å². The number of benzene rings is 3. The van der Waals surface area contributed by atoms with Gasteiger partial charge in [-0.3, -0.25) is 9.59 Å². The quantitative estimate of drug-likeness (QED) is 0.235. The van der Waals surface area contributed by atoms with Gasteiger partial charge in [0.2, 0.25) is 0 Å². The highest BCUT2D eigenvalue weighted by Gasteiger charge is 2.33. The van der Waals surface area contributed by atoms with Gasteiger partial charge in [-0.05, 0) is 92.0 Å². The Hall–Kier alpha value is -3.93. The van der Waals surface area contributed by atoms with E-state index in [1.165, 1.54) is 17.2 Å². The molecule has 6 heteroatoms. The fourth-order valence-corrected chi connectivity index (χ4v) is 5.79. The van der Waals surface area contributed by atoms with Crippen molar-refractivity contribution >= 4 is 22.8 Å². The van der Waals surface area contributed by atoms with Crippen LogP contribution in [-0.2, 0) is 11.2 Å². The number of fused-ring (bicyclic) bond motifs is 2. The summed E-state index contributed by atoms with van der Waals surface area (Å²) in [5.41, 5.74) is 6.07. The molecule has 1 atom stereocenters. The number of carbonyl (C=O) groups excluding carboxylic acids is 2. The summed E-state index contributed by atoms with van der Waals surface area (Å²) in [4.78, 5) is 31.3. The lowest BCUT2D eigenvalue weighted by molar-refractivity contribution is -0.136. The molecule has 3 aromatic carbocycles. The van der Waals surface area contributed by atoms with E-state index in [-0.39, 0.29) is 29.6 Å². The SMILES string of the molecule is C[C@@H]1c2ccccc2CCN1C(=O)c1cc(C2CC2)c2cc(-c3cccc(OC(=O)C4CC4)c3F)[nH]c2c1. The third kappa shape index (κ3) is 3.99. The van der Waals surface area contributed by atoms with Crippen molar-refractivity contribution in [1.82, 2.24) is 9.88 Å². The number of rotatable bonds is 5. The number of esters is 1. The fraction of sp³-hybridized carbons (Fsp3) is 0.312. The zero-order valence-corrected chi connectivity index (χ0v) is 21.3. The Morgan fingerprint density at radius 3 is 2.58 bits per heavy atom. The largest absolute Gasteiger partial charge is 0.423 e. The Bertz CT molecular complexity index is 1600. The summed E-state index contributed by atoms with van der Waals surface area (Å²) in [7, 11) is 0. The van der Waals surface area contributed by atoms with E-state index in [0.717, 1.165) is 48.6 Å². The van der Waals surface area contributed by atoms with Gasteiger partial charge in [0.25, 0.3) is 5.91 Å². The first-order valence-electron chi connectivity index (χ1n) is 13.5. The number of H-pyrrole nitrogens is 1. The minimum atomic E-state index is -0.557. The van der Waals surface area contributed by atoms with Gasteiger partial charge in [0, 0.05) is 34.3 Å². The molecule has 1 aliphatic heterocycles. The molecule has 3 aliphatic rings. The highest BCUT2D eigenvalue weighted by Crippen LogP contribution is 2.45. The van der Waals surface area contributed by atoms with Crippen molar-refractivity contribution in [2.45, 2.75) is 51.0 Å². The summed E-state index contributed by atoms with van der Waals surface area (Å²) in [5.74, 6) is -0.657. The Morgan fingerprint density at radius 1 is 0.974 bits per heavy atom. The van der Waals surface area contributed by atoms with E-state index in [0.29, 0.717) is 29.3 Å². The fourth-order valence-electron chi connectivity index (χ4n) is 5.79. The molecule has 5 nitrogen and oxygen atoms in total. The highest BCUT2D eigenvalue weighted by atomic mass is 19.1. The lowest BCUT2D eigenvalue weighted by Crippen LogP contribution is -2.38. The van der Waals surface area contributed by atoms with Crippen LogP contribution >= 0.6 is 0 Å². The van der Waals surface area contributed by atoms with E-state index in [2.05, 4.69) is 30.1 Å². The number of amides is 1. The number of nitrogens with zero attached hydrogens (tertiary/aromatic N) is 1. The molecule has 7 rings (SSSR count). The molecule has 0 radical (unpaired) electrons. The second kappa shape index (κ2) is 8.83. The minimum absolute atomic E-state index is 0.00177. The smallest absolute Gasteiger partial charge is 0.314 e. The number of aromatic nitrogens is 1. The number of hydrogen-bond acceptors (Lipinski definition) is 3. The van der Waals surface area contributed by atoms with Gasteiger partial charge >= 0.3 is 5.97 Å². The van der Waals surface area contributed by atoms with Crippen LogP contribution in [0.2, 0.25) is 0 Å². The van der Waals surface area contributed by atoms with Crippen LogP contribution in [0.15, 0.2) is 60.7 Å². The normalized spacial score (nSPS) is 18.9. The predicted octanol–water partition coefficient (Wildman–Crippen LogP) is 6.93. The van der Waals surface area contributed by atoms with Crippen molar-refractivity contribution in [2.75, 3.05) is 6.54 Å². The number of ether oxygens (including phenoxy) is 1. The highest BCUT2D eigenvalue weighted by molar-refractivity contribution is 6.01. The summed E-state index contributed by atoms with van der Waals surface area (Å²) in [6.45, 7) is 2.77. The first-order valence-corrected chi connectivity index (χ1v) is 13.5. The van der Waals surface area contributed by atoms with E-state index >= 15 is 4.39 Å². The van der Waals surface area contributed by atoms with E-state index in [9.17, 15) is 9.59 Å². The van der Waals surface area contributed by atoms with Crippen LogP contribution < -0.4 is 4.74 Å². The molecule has 2 saturated carbocycles. The molecule has 1 amide bonds. The average Bonchev–Trinajstić information content (AvgIpc) is 3.86. The Morgan fingerprint density at radius 2 is 1.79 bits per heavy atom. The molecular formula is C32H29FN2O3. The second-order valence-electron chi connectivity index (χ2n) is 10.9. The summed E-state index contributed by atoms with van der Waals surface area (Å²) in [5, 5.41) is 1.01. The molecule has 0 spiro atoms. The maximum atomic E-state index is 15.5. The van der Waals surface area contributed by atoms with Gasteiger partial charge in [-0.15, -0.1) is 0 Å². The predicted molar refractivity (Wildman–Crippen MR) is 144 cm³/mol. The molecule has 2 fully saturated rings. The lowest BCUT2D eigenvalue weighted by Gasteiger charge is -2.35. The minimum Gasteiger partial charge on any atom is -0.423 e. The Balaban J connectivity index is 1.25. The molecule has 192 valence electrons. The monoisotopic (exact) mass is 508 g/mol. The number of halogens is 1. The van der Waals surface area contributed by atoms with Gasteiger partial charge in [0.05, 0.1) is 12.0 Å². The van der Waals surface area contributed by atoms with E-state index in [4.69, 9.17) is 4.74 Å². The maximum absolute atomic E-state index is 15.5. The second-order valence-corrected chi connectivity index (χ2v) is 10.9. The van der Waals surface area contributed by atoms with Gasteiger partial charge in [-0.1, -0.05) is 30.3 Å². The molecule has 1 N–H and O–H groups in total. The first kappa shape index (κ1) is 23.2. The topological polar surface area (TPSA) is 62.4 Å². The zero-order valence-electron chi connectivity index (χ0n) is 21.3. The molecule has 2 heterocycles. The number of aromatic amines is 1. The Kier molecular flexibility index (Phi) is 5.39. The van der Waals surface area contributed by atoms with E-state index in [1.807, 2.05) is 29.2 Å². The molecule has 2 aliphatic carbocycles. The third-order valence-corrected chi connectivity index (χ3v) is 8.26. The van der Waals surface area contributed by atoms with Gasteiger partial charge in [-0.2, -0.15) is 0 Å². The van der Waals surface area contributed by atoms with Crippen molar-refractivity contribution in [1.29, 1.82) is 0 Å². The summed E-state index contributed by atoms with van der Waals surface area (Å²) >= 11 is 0. The number of nitrogens with one attached hydrogen (secondary N) is 1. The van der Waals surface area contributed by atoms with Crippen molar-refractivity contribution in [2.24, 2.45) is 5.92 Å². The van der Waals surface area contributed by atoms with Crippen LogP contribution in [0.3, 0.4) is 0 Å². The molecule has 0 bridgehead atoms. The van der Waals surface area contributed by atoms with Gasteiger partial charge in [0.1, 0.15) is 0 Å². The van der Waals surface area contributed by atoms with Gasteiger partial charge < -0.3 is 14.6 Å². The van der Waals surface area contributed by atoms with Crippen molar-refractivity contribution in [3.05, 3.63) is 88.7 Å². The van der Waals surface area contributed by atoms with E-state index < -0.39 is 5.82 Å². The van der Waals surface area contributed by atoms with Crippen molar-refractivity contribution in [3.8, 4) is 17.0 Å². The first-order chi connectivity index (χ1) is 18.5. The number of carbonyl (C=O) groups is 2. The number of hydrogen-bond donors (Lipinski definition) is 1. The van der Waals surface area contributed by atoms with Crippen molar-refractivity contribution < 1.29 is 18.7 Å². The van der Waals surface area contributed by atoms with Crippen LogP contribution in [0.4, 0.5) is 4.39 Å². The zero-order chi connectivity index (χ0) is 26.0. The standard InChI is InChI=1S/C32H29FN2O3/c1-18-23-6-3-2-5-19(23)13-14-35(18)31(36)22-15-25(20-9-10-20)26-17-28(34-27(26)16-22)24-7-4-8-29(30(24)33)38-32(37)21-11-12-21/h2-8,15-18,20-21,34H,9-14H2,1H3/t18-/m1/s1. The Labute approximate surface area is 220 Å². The molecular weight excluding hydrogens is 479 g/mol. The maximum Gasteiger partial charge on any atom is 0.314 e. The molecule has 4 aromatic rings. The molecule has 38 heavy (non-hydrogen) atoms.